The van der Waals surface area contributed by atoms with Gasteiger partial charge in [-0.2, -0.15) is 0 Å². The van der Waals surface area contributed by atoms with Crippen LogP contribution in [0.3, 0.4) is 0 Å². The van der Waals surface area contributed by atoms with E-state index in [1.807, 2.05) is 13.0 Å². The van der Waals surface area contributed by atoms with Crippen molar-refractivity contribution < 1.29 is 4.39 Å². The second kappa shape index (κ2) is 4.57. The smallest absolute Gasteiger partial charge is 0.148 e. The molecule has 1 heterocycles. The molecule has 0 amide bonds. The van der Waals surface area contributed by atoms with Crippen LogP contribution in [-0.2, 0) is 0 Å². The minimum Gasteiger partial charge on any atom is -0.337 e. The van der Waals surface area contributed by atoms with E-state index in [4.69, 9.17) is 0 Å². The highest BCUT2D eigenvalue weighted by molar-refractivity contribution is 9.10. The lowest BCUT2D eigenvalue weighted by Crippen LogP contribution is -1.97. The lowest BCUT2D eigenvalue weighted by atomic mass is 10.2. The topological polar surface area (TPSA) is 37.8 Å². The minimum absolute atomic E-state index is 0.300. The van der Waals surface area contributed by atoms with Crippen LogP contribution in [-0.4, -0.2) is 9.97 Å². The number of nitrogens with zero attached hydrogens (tertiary/aromatic N) is 2. The van der Waals surface area contributed by atoms with Gasteiger partial charge in [0.05, 0.1) is 10.2 Å². The van der Waals surface area contributed by atoms with Crippen LogP contribution in [0.2, 0.25) is 0 Å². The van der Waals surface area contributed by atoms with Gasteiger partial charge in [0.25, 0.3) is 0 Å². The second-order valence-corrected chi connectivity index (χ2v) is 4.18. The molecule has 0 saturated carbocycles. The molecule has 1 N–H and O–H groups in total. The Hall–Kier alpha value is -1.49. The van der Waals surface area contributed by atoms with Crippen LogP contribution in [0.25, 0.3) is 0 Å². The number of aryl methyl sites for hydroxylation is 1. The van der Waals surface area contributed by atoms with Gasteiger partial charge in [0.15, 0.2) is 0 Å². The fraction of sp³-hybridized carbons (Fsp3) is 0.0909. The highest BCUT2D eigenvalue weighted by Gasteiger charge is 2.05. The first kappa shape index (κ1) is 11.0. The largest absolute Gasteiger partial charge is 0.337 e. The van der Waals surface area contributed by atoms with Crippen molar-refractivity contribution in [2.75, 3.05) is 5.32 Å². The number of hydrogen-bond acceptors (Lipinski definition) is 3. The van der Waals surface area contributed by atoms with Crippen LogP contribution in [0.4, 0.5) is 15.9 Å². The van der Waals surface area contributed by atoms with Crippen LogP contribution >= 0.6 is 15.9 Å². The van der Waals surface area contributed by atoms with E-state index in [9.17, 15) is 4.39 Å². The first-order chi connectivity index (χ1) is 7.66. The van der Waals surface area contributed by atoms with Gasteiger partial charge < -0.3 is 5.32 Å². The molecule has 0 bridgehead atoms. The molecule has 0 aliphatic rings. The third-order valence-electron chi connectivity index (χ3n) is 2.05. The summed E-state index contributed by atoms with van der Waals surface area (Å²) in [4.78, 5) is 7.83. The molecule has 0 saturated heterocycles. The normalized spacial score (nSPS) is 10.2. The first-order valence-electron chi connectivity index (χ1n) is 4.65. The molecular formula is C11H9BrFN3. The van der Waals surface area contributed by atoms with E-state index in [0.717, 1.165) is 5.56 Å². The lowest BCUT2D eigenvalue weighted by molar-refractivity contribution is 0.630. The molecule has 2 aromatic rings. The monoisotopic (exact) mass is 281 g/mol. The third kappa shape index (κ3) is 2.36. The van der Waals surface area contributed by atoms with Crippen molar-refractivity contribution in [3.8, 4) is 0 Å². The highest BCUT2D eigenvalue weighted by atomic mass is 79.9. The van der Waals surface area contributed by atoms with Gasteiger partial charge in [-0.1, -0.05) is 6.07 Å². The maximum atomic E-state index is 13.5. The van der Waals surface area contributed by atoms with Gasteiger partial charge in [-0.25, -0.2) is 14.4 Å². The Kier molecular flexibility index (Phi) is 3.14. The molecule has 0 atom stereocenters. The summed E-state index contributed by atoms with van der Waals surface area (Å²) in [6, 6.07) is 4.98. The third-order valence-corrected chi connectivity index (χ3v) is 2.63. The first-order valence-corrected chi connectivity index (χ1v) is 5.45. The molecule has 0 radical (unpaired) electrons. The summed E-state index contributed by atoms with van der Waals surface area (Å²) in [6.07, 6.45) is 3.00. The molecule has 1 aromatic carbocycles. The van der Waals surface area contributed by atoms with Crippen molar-refractivity contribution in [3.63, 3.8) is 0 Å². The quantitative estimate of drug-likeness (QED) is 0.917. The van der Waals surface area contributed by atoms with Gasteiger partial charge in [0.2, 0.25) is 0 Å². The second-order valence-electron chi connectivity index (χ2n) is 3.33. The van der Waals surface area contributed by atoms with Crippen LogP contribution in [0.5, 0.6) is 0 Å². The van der Waals surface area contributed by atoms with Crippen molar-refractivity contribution in [1.29, 1.82) is 0 Å². The van der Waals surface area contributed by atoms with Crippen molar-refractivity contribution in [1.82, 2.24) is 9.97 Å². The molecule has 16 heavy (non-hydrogen) atoms. The number of benzene rings is 1. The van der Waals surface area contributed by atoms with Crippen molar-refractivity contribution in [3.05, 3.63) is 46.6 Å². The molecule has 82 valence electrons. The van der Waals surface area contributed by atoms with Gasteiger partial charge in [-0.05, 0) is 40.5 Å². The van der Waals surface area contributed by atoms with E-state index in [1.165, 1.54) is 12.4 Å². The zero-order valence-corrected chi connectivity index (χ0v) is 10.1. The summed E-state index contributed by atoms with van der Waals surface area (Å²) in [6.45, 7) is 1.84. The number of rotatable bonds is 2. The zero-order chi connectivity index (χ0) is 11.5. The number of nitrogens with one attached hydrogen (secondary N) is 1. The van der Waals surface area contributed by atoms with Crippen molar-refractivity contribution >= 4 is 27.4 Å². The maximum Gasteiger partial charge on any atom is 0.148 e. The van der Waals surface area contributed by atoms with E-state index in [2.05, 4.69) is 31.2 Å². The maximum absolute atomic E-state index is 13.5. The molecular weight excluding hydrogens is 273 g/mol. The average molecular weight is 282 g/mol. The number of halogens is 2. The summed E-state index contributed by atoms with van der Waals surface area (Å²) >= 11 is 3.28. The van der Waals surface area contributed by atoms with E-state index in [1.54, 1.807) is 12.3 Å². The standard InChI is InChI=1S/C11H9BrFN3/c1-7-2-3-10(9(13)4-7)16-11-8(12)5-14-6-15-11/h2-6H,1H3,(H,14,15,16). The predicted octanol–water partition coefficient (Wildman–Crippen LogP) is 3.43. The lowest BCUT2D eigenvalue weighted by Gasteiger charge is -2.08. The summed E-state index contributed by atoms with van der Waals surface area (Å²) in [7, 11) is 0. The van der Waals surface area contributed by atoms with Gasteiger partial charge in [-0.3, -0.25) is 0 Å². The summed E-state index contributed by atoms with van der Waals surface area (Å²) in [5.74, 6) is 0.239. The molecule has 3 nitrogen and oxygen atoms in total. The van der Waals surface area contributed by atoms with Crippen LogP contribution in [0.1, 0.15) is 5.56 Å². The number of hydrogen-bond donors (Lipinski definition) is 1. The molecule has 0 aliphatic carbocycles. The van der Waals surface area contributed by atoms with Crippen LogP contribution < -0.4 is 5.32 Å². The zero-order valence-electron chi connectivity index (χ0n) is 8.54. The molecule has 0 aliphatic heterocycles. The van der Waals surface area contributed by atoms with Gasteiger partial charge in [0, 0.05) is 6.20 Å². The SMILES string of the molecule is Cc1ccc(Nc2ncncc2Br)c(F)c1. The van der Waals surface area contributed by atoms with Crippen LogP contribution in [0, 0.1) is 12.7 Å². The van der Waals surface area contributed by atoms with Gasteiger partial charge >= 0.3 is 0 Å². The van der Waals surface area contributed by atoms with Crippen molar-refractivity contribution in [2.45, 2.75) is 6.92 Å². The molecule has 0 unspecified atom stereocenters. The summed E-state index contributed by atoms with van der Waals surface area (Å²) in [5.41, 5.74) is 1.27. The Morgan fingerprint density at radius 1 is 1.38 bits per heavy atom. The molecule has 1 aromatic heterocycles. The number of anilines is 2. The number of aromatic nitrogens is 2. The average Bonchev–Trinajstić information content (AvgIpc) is 2.25. The van der Waals surface area contributed by atoms with E-state index >= 15 is 0 Å². The Morgan fingerprint density at radius 2 is 2.19 bits per heavy atom. The van der Waals surface area contributed by atoms with Gasteiger partial charge in [0.1, 0.15) is 18.0 Å². The highest BCUT2D eigenvalue weighted by Crippen LogP contribution is 2.24. The van der Waals surface area contributed by atoms with Crippen LogP contribution in [0.15, 0.2) is 35.2 Å². The van der Waals surface area contributed by atoms with E-state index in [0.29, 0.717) is 16.0 Å². The van der Waals surface area contributed by atoms with E-state index < -0.39 is 0 Å². The van der Waals surface area contributed by atoms with Crippen molar-refractivity contribution in [2.24, 2.45) is 0 Å². The Bertz CT molecular complexity index is 516. The summed E-state index contributed by atoms with van der Waals surface area (Å²) in [5, 5.41) is 2.89. The summed E-state index contributed by atoms with van der Waals surface area (Å²) < 4.78 is 14.2. The molecule has 0 fully saturated rings. The minimum atomic E-state index is -0.300. The van der Waals surface area contributed by atoms with Gasteiger partial charge in [-0.15, -0.1) is 0 Å². The Morgan fingerprint density at radius 3 is 2.88 bits per heavy atom. The fourth-order valence-corrected chi connectivity index (χ4v) is 1.57. The molecule has 2 rings (SSSR count). The van der Waals surface area contributed by atoms with E-state index in [-0.39, 0.29) is 5.82 Å². The molecule has 0 spiro atoms. The molecule has 5 heteroatoms. The Labute approximate surface area is 101 Å². The predicted molar refractivity (Wildman–Crippen MR) is 64.2 cm³/mol. The Balaban J connectivity index is 2.31. The fourth-order valence-electron chi connectivity index (χ4n) is 1.25.